The molecule has 2 aromatic rings. The molecule has 0 aliphatic heterocycles. The first kappa shape index (κ1) is 25.7. The first-order chi connectivity index (χ1) is 15.2. The van der Waals surface area contributed by atoms with Gasteiger partial charge < -0.3 is 18.8 Å². The Morgan fingerprint density at radius 2 is 1.31 bits per heavy atom. The molecule has 2 rings (SSSR count). The second-order valence-corrected chi connectivity index (χ2v) is 10.6. The molecule has 0 heterocycles. The Kier molecular flexibility index (Phi) is 8.68. The maximum Gasteiger partial charge on any atom is 0.236 e. The standard InChI is InChI=1S/C25H33O6P/c1-8-16(4)32(28,24(26)22-17(9-2)12-11-13-18(22)10-3)25(27)23-20(30-6)14-19(29-5)15-21(23)31-7/h11-16H,8-10H2,1-7H3. The maximum absolute atomic E-state index is 14.5. The summed E-state index contributed by atoms with van der Waals surface area (Å²) in [4.78, 5) is 27.9. The van der Waals surface area contributed by atoms with E-state index in [2.05, 4.69) is 0 Å². The van der Waals surface area contributed by atoms with E-state index in [1.54, 1.807) is 6.92 Å². The molecule has 6 nitrogen and oxygen atoms in total. The largest absolute Gasteiger partial charge is 0.496 e. The van der Waals surface area contributed by atoms with E-state index in [4.69, 9.17) is 14.2 Å². The monoisotopic (exact) mass is 460 g/mol. The van der Waals surface area contributed by atoms with Gasteiger partial charge in [-0.3, -0.25) is 9.59 Å². The summed E-state index contributed by atoms with van der Waals surface area (Å²) in [5.74, 6) is 0.730. The number of hydrogen-bond acceptors (Lipinski definition) is 6. The van der Waals surface area contributed by atoms with Gasteiger partial charge in [0.15, 0.2) is 0 Å². The fourth-order valence-electron chi connectivity index (χ4n) is 3.82. The second-order valence-electron chi connectivity index (χ2n) is 7.59. The fourth-order valence-corrected chi connectivity index (χ4v) is 6.49. The lowest BCUT2D eigenvalue weighted by Gasteiger charge is -2.25. The van der Waals surface area contributed by atoms with Crippen LogP contribution in [0.25, 0.3) is 0 Å². The van der Waals surface area contributed by atoms with Crippen molar-refractivity contribution in [3.63, 3.8) is 0 Å². The average molecular weight is 461 g/mol. The van der Waals surface area contributed by atoms with Crippen molar-refractivity contribution in [2.75, 3.05) is 21.3 Å². The van der Waals surface area contributed by atoms with Gasteiger partial charge in [0.05, 0.1) is 21.3 Å². The highest BCUT2D eigenvalue weighted by molar-refractivity contribution is 7.96. The van der Waals surface area contributed by atoms with E-state index >= 15 is 0 Å². The second kappa shape index (κ2) is 10.8. The molecule has 2 atom stereocenters. The van der Waals surface area contributed by atoms with Crippen molar-refractivity contribution in [2.24, 2.45) is 0 Å². The number of hydrogen-bond donors (Lipinski definition) is 0. The third-order valence-corrected chi connectivity index (χ3v) is 9.22. The van der Waals surface area contributed by atoms with Crippen LogP contribution in [0.2, 0.25) is 0 Å². The number of carbonyl (C=O) groups excluding carboxylic acids is 2. The van der Waals surface area contributed by atoms with E-state index in [9.17, 15) is 14.2 Å². The minimum atomic E-state index is -4.10. The molecule has 0 N–H and O–H groups in total. The summed E-state index contributed by atoms with van der Waals surface area (Å²) in [6, 6.07) is 8.65. The zero-order valence-corrected chi connectivity index (χ0v) is 20.9. The lowest BCUT2D eigenvalue weighted by atomic mass is 9.98. The van der Waals surface area contributed by atoms with Crippen LogP contribution in [0.5, 0.6) is 17.2 Å². The molecule has 7 heteroatoms. The minimum absolute atomic E-state index is 0.000175. The molecule has 0 aromatic heterocycles. The number of methoxy groups -OCH3 is 3. The Bertz CT molecular complexity index is 995. The Labute approximate surface area is 190 Å². The van der Waals surface area contributed by atoms with Gasteiger partial charge in [0.1, 0.15) is 22.8 Å². The number of rotatable bonds is 11. The molecule has 0 fully saturated rings. The molecular weight excluding hydrogens is 427 g/mol. The molecule has 0 aliphatic carbocycles. The molecule has 0 saturated heterocycles. The van der Waals surface area contributed by atoms with Crippen molar-refractivity contribution in [3.8, 4) is 17.2 Å². The molecule has 0 radical (unpaired) electrons. The molecule has 0 saturated carbocycles. The van der Waals surface area contributed by atoms with Crippen LogP contribution in [0.1, 0.15) is 66.0 Å². The number of ether oxygens (including phenoxy) is 3. The van der Waals surface area contributed by atoms with Crippen LogP contribution in [-0.2, 0) is 17.4 Å². The Balaban J connectivity index is 2.83. The number of aryl methyl sites for hydroxylation is 2. The number of carbonyl (C=O) groups is 2. The van der Waals surface area contributed by atoms with Crippen LogP contribution < -0.4 is 14.2 Å². The lowest BCUT2D eigenvalue weighted by Crippen LogP contribution is -2.22. The molecule has 0 aliphatic rings. The third kappa shape index (κ3) is 4.47. The smallest absolute Gasteiger partial charge is 0.236 e. The predicted octanol–water partition coefficient (Wildman–Crippen LogP) is 5.98. The highest BCUT2D eigenvalue weighted by atomic mass is 31.2. The zero-order valence-electron chi connectivity index (χ0n) is 20.0. The highest BCUT2D eigenvalue weighted by Crippen LogP contribution is 2.59. The van der Waals surface area contributed by atoms with Crippen LogP contribution in [0, 0.1) is 0 Å². The topological polar surface area (TPSA) is 78.9 Å². The van der Waals surface area contributed by atoms with Gasteiger partial charge in [-0.15, -0.1) is 0 Å². The van der Waals surface area contributed by atoms with E-state index in [-0.39, 0.29) is 17.1 Å². The molecule has 2 aromatic carbocycles. The van der Waals surface area contributed by atoms with Crippen LogP contribution in [0.3, 0.4) is 0 Å². The first-order valence-electron chi connectivity index (χ1n) is 10.8. The molecule has 32 heavy (non-hydrogen) atoms. The van der Waals surface area contributed by atoms with Gasteiger partial charge in [0.2, 0.25) is 18.2 Å². The Morgan fingerprint density at radius 1 is 0.844 bits per heavy atom. The van der Waals surface area contributed by atoms with Gasteiger partial charge in [-0.2, -0.15) is 0 Å². The van der Waals surface area contributed by atoms with Gasteiger partial charge in [-0.25, -0.2) is 0 Å². The predicted molar refractivity (Wildman–Crippen MR) is 127 cm³/mol. The summed E-state index contributed by atoms with van der Waals surface area (Å²) in [5, 5.41) is 0. The average Bonchev–Trinajstić information content (AvgIpc) is 2.84. The van der Waals surface area contributed by atoms with E-state index < -0.39 is 23.8 Å². The lowest BCUT2D eigenvalue weighted by molar-refractivity contribution is 0.103. The Hall–Kier alpha value is -2.59. The molecular formula is C25H33O6P. The van der Waals surface area contributed by atoms with Crippen LogP contribution in [0.4, 0.5) is 0 Å². The molecule has 0 amide bonds. The van der Waals surface area contributed by atoms with Crippen molar-refractivity contribution in [3.05, 3.63) is 52.6 Å². The van der Waals surface area contributed by atoms with E-state index in [0.717, 1.165) is 11.1 Å². The summed E-state index contributed by atoms with van der Waals surface area (Å²) in [5.41, 5.74) is 0.000265. The van der Waals surface area contributed by atoms with Crippen LogP contribution >= 0.6 is 7.14 Å². The van der Waals surface area contributed by atoms with E-state index in [1.165, 1.54) is 33.5 Å². The zero-order chi connectivity index (χ0) is 24.1. The van der Waals surface area contributed by atoms with Gasteiger partial charge in [0, 0.05) is 23.4 Å². The number of benzene rings is 2. The SMILES string of the molecule is CCc1cccc(CC)c1C(=O)P(=O)(C(=O)c1c(OC)cc(OC)cc1OC)C(C)CC. The quantitative estimate of drug-likeness (QED) is 0.384. The molecule has 0 spiro atoms. The summed E-state index contributed by atoms with van der Waals surface area (Å²) < 4.78 is 30.6. The van der Waals surface area contributed by atoms with Gasteiger partial charge in [-0.1, -0.05) is 45.9 Å². The minimum Gasteiger partial charge on any atom is -0.496 e. The van der Waals surface area contributed by atoms with Crippen molar-refractivity contribution in [1.29, 1.82) is 0 Å². The summed E-state index contributed by atoms with van der Waals surface area (Å²) >= 11 is 0. The highest BCUT2D eigenvalue weighted by Gasteiger charge is 2.48. The molecule has 2 unspecified atom stereocenters. The summed E-state index contributed by atoms with van der Waals surface area (Å²) in [6.45, 7) is 7.40. The van der Waals surface area contributed by atoms with Crippen LogP contribution in [0.15, 0.2) is 30.3 Å². The van der Waals surface area contributed by atoms with Crippen molar-refractivity contribution in [2.45, 2.75) is 52.6 Å². The third-order valence-electron chi connectivity index (χ3n) is 5.96. The fraction of sp³-hybridized carbons (Fsp3) is 0.440. The van der Waals surface area contributed by atoms with Crippen molar-refractivity contribution >= 4 is 18.2 Å². The van der Waals surface area contributed by atoms with Gasteiger partial charge in [-0.05, 0) is 30.4 Å². The summed E-state index contributed by atoms with van der Waals surface area (Å²) in [7, 11) is 0.195. The van der Waals surface area contributed by atoms with E-state index in [1.807, 2.05) is 39.0 Å². The normalized spacial score (nSPS) is 13.7. The molecule has 174 valence electrons. The van der Waals surface area contributed by atoms with Crippen LogP contribution in [-0.4, -0.2) is 38.0 Å². The van der Waals surface area contributed by atoms with Gasteiger partial charge in [0.25, 0.3) is 0 Å². The molecule has 0 bridgehead atoms. The van der Waals surface area contributed by atoms with E-state index in [0.29, 0.717) is 30.6 Å². The summed E-state index contributed by atoms with van der Waals surface area (Å²) in [6.07, 6.45) is 1.60. The van der Waals surface area contributed by atoms with Crippen molar-refractivity contribution < 1.29 is 28.4 Å². The van der Waals surface area contributed by atoms with Crippen molar-refractivity contribution in [1.82, 2.24) is 0 Å². The first-order valence-corrected chi connectivity index (χ1v) is 12.6. The van der Waals surface area contributed by atoms with Gasteiger partial charge >= 0.3 is 0 Å². The Morgan fingerprint density at radius 3 is 1.69 bits per heavy atom. The maximum atomic E-state index is 14.5.